The summed E-state index contributed by atoms with van der Waals surface area (Å²) in [6.45, 7) is 5.61. The first kappa shape index (κ1) is 13.8. The van der Waals surface area contributed by atoms with E-state index in [2.05, 4.69) is 26.2 Å². The largest absolute Gasteiger partial charge is 0.444 e. The number of nitrogens with zero attached hydrogens (tertiary/aromatic N) is 1. The molecule has 0 aliphatic carbocycles. The molecule has 5 heteroatoms. The van der Waals surface area contributed by atoms with Gasteiger partial charge in [0.05, 0.1) is 6.20 Å². The van der Waals surface area contributed by atoms with E-state index in [1.165, 1.54) is 0 Å². The van der Waals surface area contributed by atoms with E-state index in [0.29, 0.717) is 11.5 Å². The molecule has 1 unspecified atom stereocenters. The number of oxazole rings is 1. The topological polar surface area (TPSA) is 55.1 Å². The molecule has 1 heterocycles. The van der Waals surface area contributed by atoms with Crippen LogP contribution in [0.5, 0.6) is 0 Å². The van der Waals surface area contributed by atoms with Crippen molar-refractivity contribution < 1.29 is 9.21 Å². The van der Waals surface area contributed by atoms with Crippen molar-refractivity contribution in [2.24, 2.45) is 0 Å². The van der Waals surface area contributed by atoms with Crippen LogP contribution >= 0.6 is 15.9 Å². The Bertz CT molecular complexity index is 587. The van der Waals surface area contributed by atoms with E-state index in [1.807, 2.05) is 32.9 Å². The van der Waals surface area contributed by atoms with E-state index in [4.69, 9.17) is 4.42 Å². The minimum Gasteiger partial charge on any atom is -0.444 e. The lowest BCUT2D eigenvalue weighted by Gasteiger charge is -2.11. The summed E-state index contributed by atoms with van der Waals surface area (Å²) >= 11 is 3.38. The van der Waals surface area contributed by atoms with Crippen LogP contribution in [0.1, 0.15) is 40.5 Å². The van der Waals surface area contributed by atoms with Gasteiger partial charge in [-0.05, 0) is 44.5 Å². The molecule has 19 heavy (non-hydrogen) atoms. The lowest BCUT2D eigenvalue weighted by atomic mass is 10.1. The van der Waals surface area contributed by atoms with Gasteiger partial charge in [-0.1, -0.05) is 15.9 Å². The summed E-state index contributed by atoms with van der Waals surface area (Å²) in [5.41, 5.74) is 1.64. The van der Waals surface area contributed by atoms with Gasteiger partial charge in [0.15, 0.2) is 0 Å². The highest BCUT2D eigenvalue weighted by atomic mass is 79.9. The molecule has 4 nitrogen and oxygen atoms in total. The van der Waals surface area contributed by atoms with Gasteiger partial charge >= 0.3 is 0 Å². The van der Waals surface area contributed by atoms with Gasteiger partial charge in [0.2, 0.25) is 5.89 Å². The Hall–Kier alpha value is -1.62. The monoisotopic (exact) mass is 322 g/mol. The number of nitrogens with one attached hydrogen (secondary N) is 1. The first-order chi connectivity index (χ1) is 8.95. The Labute approximate surface area is 120 Å². The number of amides is 1. The van der Waals surface area contributed by atoms with E-state index in [1.54, 1.807) is 12.3 Å². The van der Waals surface area contributed by atoms with Crippen LogP contribution in [-0.2, 0) is 0 Å². The fourth-order valence-electron chi connectivity index (χ4n) is 1.78. The van der Waals surface area contributed by atoms with Gasteiger partial charge in [0.1, 0.15) is 11.8 Å². The fraction of sp³-hybridized carbons (Fsp3) is 0.286. The second kappa shape index (κ2) is 5.57. The number of benzene rings is 1. The van der Waals surface area contributed by atoms with Crippen LogP contribution in [0.3, 0.4) is 0 Å². The van der Waals surface area contributed by atoms with Crippen LogP contribution in [0, 0.1) is 13.8 Å². The number of carbonyl (C=O) groups is 1. The predicted molar refractivity (Wildman–Crippen MR) is 76.0 cm³/mol. The lowest BCUT2D eigenvalue weighted by molar-refractivity contribution is 0.0933. The predicted octanol–water partition coefficient (Wildman–Crippen LogP) is 3.54. The van der Waals surface area contributed by atoms with Gasteiger partial charge in [0, 0.05) is 10.0 Å². The van der Waals surface area contributed by atoms with Crippen LogP contribution in [0.15, 0.2) is 33.3 Å². The average molecular weight is 323 g/mol. The molecule has 0 saturated carbocycles. The van der Waals surface area contributed by atoms with E-state index >= 15 is 0 Å². The summed E-state index contributed by atoms with van der Waals surface area (Å²) in [4.78, 5) is 16.2. The number of aromatic nitrogens is 1. The number of hydrogen-bond acceptors (Lipinski definition) is 3. The number of halogens is 1. The zero-order valence-corrected chi connectivity index (χ0v) is 12.6. The zero-order chi connectivity index (χ0) is 14.0. The van der Waals surface area contributed by atoms with Crippen LogP contribution in [0.2, 0.25) is 0 Å². The highest BCUT2D eigenvalue weighted by Crippen LogP contribution is 2.17. The maximum absolute atomic E-state index is 12.1. The quantitative estimate of drug-likeness (QED) is 0.940. The number of hydrogen-bond donors (Lipinski definition) is 1. The first-order valence-corrected chi connectivity index (χ1v) is 6.75. The molecule has 2 aromatic rings. The first-order valence-electron chi connectivity index (χ1n) is 5.96. The molecule has 0 spiro atoms. The van der Waals surface area contributed by atoms with Crippen LogP contribution in [0.25, 0.3) is 0 Å². The summed E-state index contributed by atoms with van der Waals surface area (Å²) < 4.78 is 6.28. The summed E-state index contributed by atoms with van der Waals surface area (Å²) in [7, 11) is 0. The minimum absolute atomic E-state index is 0.146. The van der Waals surface area contributed by atoms with Gasteiger partial charge in [-0.2, -0.15) is 0 Å². The van der Waals surface area contributed by atoms with Crippen molar-refractivity contribution in [1.82, 2.24) is 10.3 Å². The highest BCUT2D eigenvalue weighted by Gasteiger charge is 2.15. The van der Waals surface area contributed by atoms with Gasteiger partial charge < -0.3 is 9.73 Å². The molecule has 0 saturated heterocycles. The smallest absolute Gasteiger partial charge is 0.251 e. The summed E-state index contributed by atoms with van der Waals surface area (Å²) in [6, 6.07) is 5.32. The molecule has 2 rings (SSSR count). The molecular formula is C14H15BrN2O2. The summed E-state index contributed by atoms with van der Waals surface area (Å²) in [5.74, 6) is 1.10. The molecule has 0 bridgehead atoms. The third-order valence-electron chi connectivity index (χ3n) is 2.66. The van der Waals surface area contributed by atoms with Crippen molar-refractivity contribution in [3.63, 3.8) is 0 Å². The molecule has 1 aromatic carbocycles. The SMILES string of the molecule is Cc1cc(Br)cc(C(=O)NC(C)c2ncc(C)o2)c1. The Morgan fingerprint density at radius 3 is 2.68 bits per heavy atom. The Balaban J connectivity index is 2.12. The molecule has 1 aromatic heterocycles. The fourth-order valence-corrected chi connectivity index (χ4v) is 2.39. The molecule has 0 aliphatic rings. The molecule has 0 aliphatic heterocycles. The normalized spacial score (nSPS) is 12.2. The third-order valence-corrected chi connectivity index (χ3v) is 3.12. The molecule has 1 amide bonds. The van der Waals surface area contributed by atoms with Crippen molar-refractivity contribution in [2.75, 3.05) is 0 Å². The second-order valence-electron chi connectivity index (χ2n) is 4.52. The molecule has 0 radical (unpaired) electrons. The van der Waals surface area contributed by atoms with Gasteiger partial charge in [0.25, 0.3) is 5.91 Å². The van der Waals surface area contributed by atoms with Gasteiger partial charge in [-0.15, -0.1) is 0 Å². The van der Waals surface area contributed by atoms with Gasteiger partial charge in [-0.25, -0.2) is 4.98 Å². The minimum atomic E-state index is -0.263. The van der Waals surface area contributed by atoms with Gasteiger partial charge in [-0.3, -0.25) is 4.79 Å². The van der Waals surface area contributed by atoms with Crippen molar-refractivity contribution in [3.05, 3.63) is 51.6 Å². The summed E-state index contributed by atoms with van der Waals surface area (Å²) in [5, 5.41) is 2.86. The third kappa shape index (κ3) is 3.44. The van der Waals surface area contributed by atoms with Crippen molar-refractivity contribution >= 4 is 21.8 Å². The van der Waals surface area contributed by atoms with E-state index in [-0.39, 0.29) is 11.9 Å². The van der Waals surface area contributed by atoms with Crippen molar-refractivity contribution in [1.29, 1.82) is 0 Å². The number of aryl methyl sites for hydroxylation is 2. The lowest BCUT2D eigenvalue weighted by Crippen LogP contribution is -2.26. The van der Waals surface area contributed by atoms with E-state index < -0.39 is 0 Å². The zero-order valence-electron chi connectivity index (χ0n) is 11.0. The molecule has 1 N–H and O–H groups in total. The molecule has 100 valence electrons. The van der Waals surface area contributed by atoms with E-state index in [0.717, 1.165) is 15.8 Å². The highest BCUT2D eigenvalue weighted by molar-refractivity contribution is 9.10. The van der Waals surface area contributed by atoms with Crippen LogP contribution < -0.4 is 5.32 Å². The van der Waals surface area contributed by atoms with Crippen molar-refractivity contribution in [3.8, 4) is 0 Å². The molecule has 0 fully saturated rings. The number of carbonyl (C=O) groups excluding carboxylic acids is 1. The summed E-state index contributed by atoms with van der Waals surface area (Å²) in [6.07, 6.45) is 1.64. The maximum Gasteiger partial charge on any atom is 0.251 e. The molecular weight excluding hydrogens is 308 g/mol. The average Bonchev–Trinajstić information content (AvgIpc) is 2.74. The maximum atomic E-state index is 12.1. The Morgan fingerprint density at radius 2 is 2.11 bits per heavy atom. The Morgan fingerprint density at radius 1 is 1.37 bits per heavy atom. The second-order valence-corrected chi connectivity index (χ2v) is 5.44. The van der Waals surface area contributed by atoms with Crippen LogP contribution in [0.4, 0.5) is 0 Å². The number of rotatable bonds is 3. The van der Waals surface area contributed by atoms with Crippen LogP contribution in [-0.4, -0.2) is 10.9 Å². The van der Waals surface area contributed by atoms with E-state index in [9.17, 15) is 4.79 Å². The van der Waals surface area contributed by atoms with Crippen molar-refractivity contribution in [2.45, 2.75) is 26.8 Å². The Kier molecular flexibility index (Phi) is 4.04. The molecule has 1 atom stereocenters. The standard InChI is InChI=1S/C14H15BrN2O2/c1-8-4-11(6-12(15)5-8)13(18)17-10(3)14-16-7-9(2)19-14/h4-7,10H,1-3H3,(H,17,18).